The zero-order chi connectivity index (χ0) is 9.14. The first-order valence-electron chi connectivity index (χ1n) is 4.55. The molecular weight excluding hydrogens is 154 g/mol. The molecule has 0 saturated heterocycles. The van der Waals surface area contributed by atoms with E-state index in [1.807, 2.05) is 0 Å². The van der Waals surface area contributed by atoms with E-state index in [2.05, 4.69) is 0 Å². The summed E-state index contributed by atoms with van der Waals surface area (Å²) in [5.74, 6) is 0.427. The third-order valence-electron chi connectivity index (χ3n) is 2.65. The van der Waals surface area contributed by atoms with Crippen LogP contribution in [0.15, 0.2) is 0 Å². The molecule has 0 aromatic carbocycles. The third kappa shape index (κ3) is 2.29. The van der Waals surface area contributed by atoms with E-state index in [1.54, 1.807) is 0 Å². The Balaban J connectivity index is 2.25. The van der Waals surface area contributed by atoms with Crippen LogP contribution in [0.4, 0.5) is 0 Å². The number of rotatable bonds is 4. The van der Waals surface area contributed by atoms with E-state index in [0.717, 1.165) is 6.42 Å². The molecule has 2 atom stereocenters. The lowest BCUT2D eigenvalue weighted by atomic mass is 9.80. The molecule has 1 aliphatic rings. The lowest BCUT2D eigenvalue weighted by molar-refractivity contribution is -0.126. The third-order valence-corrected chi connectivity index (χ3v) is 2.65. The largest absolute Gasteiger partial charge is 0.384 e. The van der Waals surface area contributed by atoms with Crippen LogP contribution < -0.4 is 5.73 Å². The average molecular weight is 171 g/mol. The Morgan fingerprint density at radius 3 is 2.58 bits per heavy atom. The zero-order valence-electron chi connectivity index (χ0n) is 7.49. The van der Waals surface area contributed by atoms with E-state index < -0.39 is 6.10 Å². The molecule has 70 valence electrons. The van der Waals surface area contributed by atoms with Crippen molar-refractivity contribution in [1.29, 1.82) is 0 Å². The lowest BCUT2D eigenvalue weighted by Gasteiger charge is -2.29. The molecule has 1 rings (SSSR count). The summed E-state index contributed by atoms with van der Waals surface area (Å²) < 4.78 is 0. The van der Waals surface area contributed by atoms with Gasteiger partial charge in [-0.15, -0.1) is 0 Å². The van der Waals surface area contributed by atoms with Gasteiger partial charge in [0.2, 0.25) is 0 Å². The monoisotopic (exact) mass is 171 g/mol. The number of hydrogen-bond donors (Lipinski definition) is 2. The Hall–Kier alpha value is -0.410. The number of nitrogens with two attached hydrogens (primary N) is 1. The van der Waals surface area contributed by atoms with Crippen molar-refractivity contribution in [2.45, 2.75) is 44.8 Å². The standard InChI is InChI=1S/C9H17NO2/c1-6(11)9(12)8(10)5-7-3-2-4-7/h7-9,12H,2-5,10H2,1H3/t8-,9+/m1/s1. The molecule has 3 N–H and O–H groups in total. The van der Waals surface area contributed by atoms with Gasteiger partial charge in [0.25, 0.3) is 0 Å². The van der Waals surface area contributed by atoms with Crippen LogP contribution in [-0.4, -0.2) is 23.0 Å². The van der Waals surface area contributed by atoms with Crippen molar-refractivity contribution in [3.63, 3.8) is 0 Å². The molecule has 0 aliphatic heterocycles. The van der Waals surface area contributed by atoms with Gasteiger partial charge in [-0.05, 0) is 19.3 Å². The van der Waals surface area contributed by atoms with Crippen molar-refractivity contribution in [2.75, 3.05) is 0 Å². The van der Waals surface area contributed by atoms with Crippen molar-refractivity contribution < 1.29 is 9.90 Å². The molecule has 0 radical (unpaired) electrons. The molecule has 0 heterocycles. The summed E-state index contributed by atoms with van der Waals surface area (Å²) in [6.45, 7) is 1.38. The van der Waals surface area contributed by atoms with Gasteiger partial charge in [-0.1, -0.05) is 19.3 Å². The van der Waals surface area contributed by atoms with Gasteiger partial charge in [0.15, 0.2) is 5.78 Å². The van der Waals surface area contributed by atoms with Crippen LogP contribution in [-0.2, 0) is 4.79 Å². The summed E-state index contributed by atoms with van der Waals surface area (Å²) in [6, 6.07) is -0.354. The topological polar surface area (TPSA) is 63.3 Å². The van der Waals surface area contributed by atoms with E-state index in [0.29, 0.717) is 5.92 Å². The number of ketones is 1. The maximum atomic E-state index is 10.7. The molecule has 3 heteroatoms. The lowest BCUT2D eigenvalue weighted by Crippen LogP contribution is -2.41. The second-order valence-electron chi connectivity index (χ2n) is 3.75. The molecule has 0 aromatic rings. The minimum Gasteiger partial charge on any atom is -0.384 e. The van der Waals surface area contributed by atoms with Gasteiger partial charge in [-0.25, -0.2) is 0 Å². The van der Waals surface area contributed by atoms with Crippen molar-refractivity contribution in [2.24, 2.45) is 11.7 Å². The Morgan fingerprint density at radius 2 is 2.25 bits per heavy atom. The molecule has 1 saturated carbocycles. The first-order valence-corrected chi connectivity index (χ1v) is 4.55. The quantitative estimate of drug-likeness (QED) is 0.645. The fraction of sp³-hybridized carbons (Fsp3) is 0.889. The van der Waals surface area contributed by atoms with E-state index in [9.17, 15) is 9.90 Å². The molecule has 12 heavy (non-hydrogen) atoms. The maximum Gasteiger partial charge on any atom is 0.159 e. The highest BCUT2D eigenvalue weighted by molar-refractivity contribution is 5.80. The maximum absolute atomic E-state index is 10.7. The van der Waals surface area contributed by atoms with Crippen molar-refractivity contribution >= 4 is 5.78 Å². The van der Waals surface area contributed by atoms with Crippen LogP contribution in [0.1, 0.15) is 32.6 Å². The summed E-state index contributed by atoms with van der Waals surface area (Å²) >= 11 is 0. The Bertz CT molecular complexity index is 166. The number of aliphatic hydroxyl groups is 1. The number of aliphatic hydroxyl groups excluding tert-OH is 1. The summed E-state index contributed by atoms with van der Waals surface area (Å²) in [5.41, 5.74) is 5.66. The van der Waals surface area contributed by atoms with Crippen molar-refractivity contribution in [3.8, 4) is 0 Å². The second-order valence-corrected chi connectivity index (χ2v) is 3.75. The Morgan fingerprint density at radius 1 is 1.67 bits per heavy atom. The smallest absolute Gasteiger partial charge is 0.159 e. The Kier molecular flexibility index (Phi) is 3.23. The minimum absolute atomic E-state index is 0.221. The van der Waals surface area contributed by atoms with Crippen LogP contribution in [0.5, 0.6) is 0 Å². The predicted octanol–water partition coefficient (Wildman–Crippen LogP) is 0.454. The van der Waals surface area contributed by atoms with Gasteiger partial charge in [0.1, 0.15) is 6.10 Å². The molecule has 1 fully saturated rings. The van der Waals surface area contributed by atoms with Crippen LogP contribution >= 0.6 is 0 Å². The molecule has 3 nitrogen and oxygen atoms in total. The second kappa shape index (κ2) is 4.01. The fourth-order valence-corrected chi connectivity index (χ4v) is 1.54. The summed E-state index contributed by atoms with van der Waals surface area (Å²) in [7, 11) is 0. The van der Waals surface area contributed by atoms with Gasteiger partial charge in [0, 0.05) is 6.04 Å². The van der Waals surface area contributed by atoms with Crippen molar-refractivity contribution in [3.05, 3.63) is 0 Å². The van der Waals surface area contributed by atoms with Crippen LogP contribution in [0, 0.1) is 5.92 Å². The van der Waals surface area contributed by atoms with E-state index in [1.165, 1.54) is 26.2 Å². The van der Waals surface area contributed by atoms with Gasteiger partial charge >= 0.3 is 0 Å². The first-order chi connectivity index (χ1) is 5.61. The number of Topliss-reactive ketones (excluding diaryl/α,β-unsaturated/α-hetero) is 1. The Labute approximate surface area is 72.9 Å². The van der Waals surface area contributed by atoms with Gasteiger partial charge < -0.3 is 10.8 Å². The zero-order valence-corrected chi connectivity index (χ0v) is 7.49. The van der Waals surface area contributed by atoms with E-state index in [-0.39, 0.29) is 11.8 Å². The van der Waals surface area contributed by atoms with Gasteiger partial charge in [0.05, 0.1) is 0 Å². The molecule has 1 aliphatic carbocycles. The van der Waals surface area contributed by atoms with Crippen molar-refractivity contribution in [1.82, 2.24) is 0 Å². The van der Waals surface area contributed by atoms with E-state index >= 15 is 0 Å². The summed E-state index contributed by atoms with van der Waals surface area (Å²) in [6.07, 6.45) is 3.52. The minimum atomic E-state index is -0.953. The molecule has 0 aromatic heterocycles. The molecule has 0 bridgehead atoms. The summed E-state index contributed by atoms with van der Waals surface area (Å²) in [4.78, 5) is 10.7. The normalized spacial score (nSPS) is 22.9. The summed E-state index contributed by atoms with van der Waals surface area (Å²) in [5, 5.41) is 9.29. The van der Waals surface area contributed by atoms with Gasteiger partial charge in [-0.2, -0.15) is 0 Å². The highest BCUT2D eigenvalue weighted by atomic mass is 16.3. The fourth-order valence-electron chi connectivity index (χ4n) is 1.54. The number of hydrogen-bond acceptors (Lipinski definition) is 3. The van der Waals surface area contributed by atoms with E-state index in [4.69, 9.17) is 5.73 Å². The van der Waals surface area contributed by atoms with Crippen LogP contribution in [0.2, 0.25) is 0 Å². The molecule has 0 unspecified atom stereocenters. The number of carbonyl (C=O) groups excluding carboxylic acids is 1. The van der Waals surface area contributed by atoms with Crippen LogP contribution in [0.25, 0.3) is 0 Å². The number of carbonyl (C=O) groups is 1. The molecule has 0 spiro atoms. The predicted molar refractivity (Wildman–Crippen MR) is 46.6 cm³/mol. The SMILES string of the molecule is CC(=O)[C@H](O)[C@H](N)CC1CCC1. The average Bonchev–Trinajstić information content (AvgIpc) is 1.94. The molecular formula is C9H17NO2. The highest BCUT2D eigenvalue weighted by Gasteiger charge is 2.25. The van der Waals surface area contributed by atoms with Crippen LogP contribution in [0.3, 0.4) is 0 Å². The molecule has 0 amide bonds. The highest BCUT2D eigenvalue weighted by Crippen LogP contribution is 2.30. The first kappa shape index (κ1) is 9.68. The van der Waals surface area contributed by atoms with Gasteiger partial charge in [-0.3, -0.25) is 4.79 Å².